The Morgan fingerprint density at radius 3 is 2.46 bits per heavy atom. The molecule has 3 heterocycles. The fourth-order valence-corrected chi connectivity index (χ4v) is 5.89. The van der Waals surface area contributed by atoms with Crippen LogP contribution >= 0.6 is 0 Å². The average molecular weight is 695 g/mol. The summed E-state index contributed by atoms with van der Waals surface area (Å²) in [6.45, 7) is 4.28. The highest BCUT2D eigenvalue weighted by atomic mass is 16.7. The van der Waals surface area contributed by atoms with Crippen molar-refractivity contribution in [1.29, 1.82) is 5.26 Å². The molecule has 3 aromatic rings. The van der Waals surface area contributed by atoms with Crippen molar-refractivity contribution in [1.82, 2.24) is 20.3 Å². The number of hydrogen-bond donors (Lipinski definition) is 4. The maximum Gasteiger partial charge on any atom is 0.262 e. The van der Waals surface area contributed by atoms with E-state index in [4.69, 9.17) is 23.7 Å². The van der Waals surface area contributed by atoms with Crippen LogP contribution in [0.4, 0.5) is 5.69 Å². The van der Waals surface area contributed by atoms with Gasteiger partial charge in [0.05, 0.1) is 52.4 Å². The van der Waals surface area contributed by atoms with Gasteiger partial charge in [-0.25, -0.2) is 4.68 Å². The van der Waals surface area contributed by atoms with E-state index < -0.39 is 36.6 Å². The first-order valence-corrected chi connectivity index (χ1v) is 16.9. The Kier molecular flexibility index (Phi) is 14.1. The van der Waals surface area contributed by atoms with E-state index in [-0.39, 0.29) is 31.9 Å². The Hall–Kier alpha value is -3.98. The molecule has 2 aliphatic heterocycles. The van der Waals surface area contributed by atoms with Crippen LogP contribution < -0.4 is 10.2 Å². The van der Waals surface area contributed by atoms with Gasteiger partial charge in [0.15, 0.2) is 6.29 Å². The van der Waals surface area contributed by atoms with Gasteiger partial charge < -0.3 is 49.2 Å². The van der Waals surface area contributed by atoms with Crippen LogP contribution in [0.3, 0.4) is 0 Å². The number of ether oxygens (including phenoxy) is 5. The van der Waals surface area contributed by atoms with E-state index in [0.29, 0.717) is 32.1 Å². The molecule has 0 aliphatic carbocycles. The van der Waals surface area contributed by atoms with Gasteiger partial charge in [0, 0.05) is 32.4 Å². The second-order valence-electron chi connectivity index (χ2n) is 12.2. The lowest BCUT2D eigenvalue weighted by atomic mass is 9.99. The van der Waals surface area contributed by atoms with Crippen molar-refractivity contribution in [3.63, 3.8) is 0 Å². The van der Waals surface area contributed by atoms with Gasteiger partial charge in [-0.05, 0) is 59.9 Å². The summed E-state index contributed by atoms with van der Waals surface area (Å²) in [4.78, 5) is 15.0. The number of piperidine rings is 1. The van der Waals surface area contributed by atoms with E-state index in [1.807, 2.05) is 24.3 Å². The minimum Gasteiger partial charge on any atom is -0.388 e. The number of aromatic nitrogens is 3. The summed E-state index contributed by atoms with van der Waals surface area (Å²) in [6, 6.07) is 14.4. The van der Waals surface area contributed by atoms with Gasteiger partial charge in [-0.15, -0.1) is 5.10 Å². The molecule has 2 aromatic carbocycles. The molecule has 5 atom stereocenters. The first kappa shape index (κ1) is 37.3. The maximum absolute atomic E-state index is 12.6. The monoisotopic (exact) mass is 694 g/mol. The standard InChI is InChI=1S/C35H46N6O9/c1-46-35-33(44)32(43)31(42)30(50-35)22-41-21-28(38-39-41)23-49-16-15-48-14-13-47-12-9-37-34(45)27(20-36)18-24-5-6-26-19-29(8-7-25(26)17-24)40-10-3-2-4-11-40/h5-8,17-19,21,30-33,35,42-44H,2-4,9-16,22-23H2,1H3,(H,37,45)/b27-18-/t30-,31-,32+,33-,35+/m1/s1. The van der Waals surface area contributed by atoms with Crippen molar-refractivity contribution < 1.29 is 43.8 Å². The normalized spacial score (nSPS) is 22.8. The maximum atomic E-state index is 12.6. The third-order valence-corrected chi connectivity index (χ3v) is 8.63. The molecule has 1 amide bonds. The second-order valence-corrected chi connectivity index (χ2v) is 12.2. The Balaban J connectivity index is 0.920. The van der Waals surface area contributed by atoms with Crippen molar-refractivity contribution >= 4 is 28.4 Å². The van der Waals surface area contributed by atoms with Crippen molar-refractivity contribution in [2.75, 3.05) is 64.7 Å². The van der Waals surface area contributed by atoms with Gasteiger partial charge in [0.25, 0.3) is 5.91 Å². The molecule has 4 N–H and O–H groups in total. The largest absolute Gasteiger partial charge is 0.388 e. The highest BCUT2D eigenvalue weighted by molar-refractivity contribution is 6.02. The van der Waals surface area contributed by atoms with Crippen LogP contribution in [0, 0.1) is 11.3 Å². The van der Waals surface area contributed by atoms with Crippen molar-refractivity contribution in [2.45, 2.75) is 63.1 Å². The van der Waals surface area contributed by atoms with E-state index >= 15 is 0 Å². The molecule has 0 saturated carbocycles. The fraction of sp³-hybridized carbons (Fsp3) is 0.543. The molecule has 0 bridgehead atoms. The third-order valence-electron chi connectivity index (χ3n) is 8.63. The third kappa shape index (κ3) is 10.3. The van der Waals surface area contributed by atoms with E-state index in [1.165, 1.54) is 36.7 Å². The predicted octanol–water partition coefficient (Wildman–Crippen LogP) is 1.15. The smallest absolute Gasteiger partial charge is 0.262 e. The number of methoxy groups -OCH3 is 1. The van der Waals surface area contributed by atoms with Gasteiger partial charge >= 0.3 is 0 Å². The molecule has 5 rings (SSSR count). The van der Waals surface area contributed by atoms with Crippen LogP contribution in [0.2, 0.25) is 0 Å². The Labute approximate surface area is 290 Å². The van der Waals surface area contributed by atoms with Gasteiger partial charge in [-0.2, -0.15) is 5.26 Å². The number of rotatable bonds is 17. The van der Waals surface area contributed by atoms with E-state index in [2.05, 4.69) is 38.7 Å². The van der Waals surface area contributed by atoms with Crippen LogP contribution in [0.15, 0.2) is 48.2 Å². The topological polar surface area (TPSA) is 194 Å². The molecular weight excluding hydrogens is 648 g/mol. The molecule has 0 radical (unpaired) electrons. The molecule has 15 nitrogen and oxygen atoms in total. The number of amides is 1. The highest BCUT2D eigenvalue weighted by Gasteiger charge is 2.44. The zero-order valence-corrected chi connectivity index (χ0v) is 28.2. The van der Waals surface area contributed by atoms with Crippen LogP contribution in [0.5, 0.6) is 0 Å². The first-order valence-electron chi connectivity index (χ1n) is 16.9. The summed E-state index contributed by atoms with van der Waals surface area (Å²) in [5, 5.41) is 52.7. The second kappa shape index (κ2) is 18.9. The first-order chi connectivity index (χ1) is 24.4. The van der Waals surface area contributed by atoms with Crippen LogP contribution in [0.1, 0.15) is 30.5 Å². The summed E-state index contributed by atoms with van der Waals surface area (Å²) >= 11 is 0. The minimum atomic E-state index is -1.41. The number of aliphatic hydroxyl groups excluding tert-OH is 3. The average Bonchev–Trinajstić information content (AvgIpc) is 3.59. The number of fused-ring (bicyclic) bond motifs is 1. The Morgan fingerprint density at radius 1 is 0.980 bits per heavy atom. The quantitative estimate of drug-likeness (QED) is 0.0894. The molecule has 1 aromatic heterocycles. The number of aliphatic hydroxyl groups is 3. The van der Waals surface area contributed by atoms with Crippen LogP contribution in [-0.4, -0.2) is 127 Å². The number of nitrogens with zero attached hydrogens (tertiary/aromatic N) is 5. The van der Waals surface area contributed by atoms with Gasteiger partial charge in [-0.3, -0.25) is 4.79 Å². The molecular formula is C35H46N6O9. The van der Waals surface area contributed by atoms with E-state index in [9.17, 15) is 25.4 Å². The summed E-state index contributed by atoms with van der Waals surface area (Å²) in [5.74, 6) is -0.455. The van der Waals surface area contributed by atoms with Gasteiger partial charge in [0.1, 0.15) is 41.8 Å². The Bertz CT molecular complexity index is 1600. The lowest BCUT2D eigenvalue weighted by molar-refractivity contribution is -0.292. The van der Waals surface area contributed by atoms with E-state index in [0.717, 1.165) is 29.4 Å². The fourth-order valence-electron chi connectivity index (χ4n) is 5.89. The molecule has 0 spiro atoms. The van der Waals surface area contributed by atoms with Crippen molar-refractivity contribution in [2.24, 2.45) is 0 Å². The van der Waals surface area contributed by atoms with E-state index in [1.54, 1.807) is 12.3 Å². The SMILES string of the molecule is CO[C@H]1O[C@H](Cn2cc(COCCOCCOCCNC(=O)/C(C#N)=C\c3ccc4cc(N5CCCCC5)ccc4c3)nn2)[C@@H](O)[C@H](O)[C@H]1O. The number of nitriles is 1. The van der Waals surface area contributed by atoms with Gasteiger partial charge in [0.2, 0.25) is 0 Å². The molecule has 50 heavy (non-hydrogen) atoms. The molecule has 2 aliphatic rings. The van der Waals surface area contributed by atoms with Gasteiger partial charge in [-0.1, -0.05) is 23.4 Å². The summed E-state index contributed by atoms with van der Waals surface area (Å²) in [5.41, 5.74) is 2.60. The lowest BCUT2D eigenvalue weighted by Gasteiger charge is -2.39. The molecule has 0 unspecified atom stereocenters. The summed E-state index contributed by atoms with van der Waals surface area (Å²) < 4.78 is 28.6. The molecule has 2 fully saturated rings. The van der Waals surface area contributed by atoms with Crippen molar-refractivity contribution in [3.8, 4) is 6.07 Å². The number of carbonyl (C=O) groups is 1. The minimum absolute atomic E-state index is 0.0259. The number of anilines is 1. The molecule has 270 valence electrons. The number of benzene rings is 2. The number of hydrogen-bond acceptors (Lipinski definition) is 13. The highest BCUT2D eigenvalue weighted by Crippen LogP contribution is 2.26. The van der Waals surface area contributed by atoms with Crippen molar-refractivity contribution in [3.05, 3.63) is 59.4 Å². The lowest BCUT2D eigenvalue weighted by Crippen LogP contribution is -2.58. The number of carbonyl (C=O) groups excluding carboxylic acids is 1. The van der Waals surface area contributed by atoms with Crippen LogP contribution in [-0.2, 0) is 41.6 Å². The zero-order chi connectivity index (χ0) is 35.3. The predicted molar refractivity (Wildman–Crippen MR) is 182 cm³/mol. The van der Waals surface area contributed by atoms with Crippen LogP contribution in [0.25, 0.3) is 16.8 Å². The Morgan fingerprint density at radius 2 is 1.70 bits per heavy atom. The number of nitrogens with one attached hydrogen (secondary N) is 1. The molecule has 15 heteroatoms. The summed E-state index contributed by atoms with van der Waals surface area (Å²) in [6.07, 6.45) is 0.944. The molecule has 2 saturated heterocycles. The summed E-state index contributed by atoms with van der Waals surface area (Å²) in [7, 11) is 1.34. The zero-order valence-electron chi connectivity index (χ0n) is 28.2.